The van der Waals surface area contributed by atoms with Crippen molar-refractivity contribution in [2.75, 3.05) is 18.4 Å². The Morgan fingerprint density at radius 3 is 2.93 bits per heavy atom. The number of nitrogens with zero attached hydrogens (tertiary/aromatic N) is 4. The number of hydrogen-bond acceptors (Lipinski definition) is 5. The number of rotatable bonds is 4. The van der Waals surface area contributed by atoms with Gasteiger partial charge in [0.05, 0.1) is 6.07 Å². The molecule has 0 aliphatic carbocycles. The Morgan fingerprint density at radius 1 is 1.44 bits per heavy atom. The van der Waals surface area contributed by atoms with Crippen LogP contribution in [0.25, 0.3) is 6.08 Å². The first-order valence-corrected chi connectivity index (χ1v) is 9.60. The maximum atomic E-state index is 13.9. The highest BCUT2D eigenvalue weighted by atomic mass is 35.5. The monoisotopic (exact) mass is 405 g/mol. The highest BCUT2D eigenvalue weighted by molar-refractivity contribution is 7.09. The highest BCUT2D eigenvalue weighted by Crippen LogP contribution is 2.23. The lowest BCUT2D eigenvalue weighted by Crippen LogP contribution is -2.39. The van der Waals surface area contributed by atoms with Gasteiger partial charge in [0.1, 0.15) is 11.6 Å². The summed E-state index contributed by atoms with van der Waals surface area (Å²) in [4.78, 5) is 18.3. The number of urea groups is 1. The number of carbonyl (C=O) groups excluding carboxylic acids is 1. The molecule has 6 nitrogen and oxygen atoms in total. The molecule has 0 saturated carbocycles. The predicted molar refractivity (Wildman–Crippen MR) is 103 cm³/mol. The van der Waals surface area contributed by atoms with Crippen LogP contribution in [-0.4, -0.2) is 33.4 Å². The van der Waals surface area contributed by atoms with E-state index >= 15 is 0 Å². The average molecular weight is 406 g/mol. The summed E-state index contributed by atoms with van der Waals surface area (Å²) in [6.07, 6.45) is 4.01. The number of likely N-dealkylation sites (tertiary alicyclic amines) is 1. The van der Waals surface area contributed by atoms with Crippen LogP contribution in [0, 0.1) is 17.1 Å². The molecule has 140 valence electrons. The molecular weight excluding hydrogens is 389 g/mol. The maximum Gasteiger partial charge on any atom is 0.323 e. The van der Waals surface area contributed by atoms with Crippen LogP contribution >= 0.6 is 23.1 Å². The molecule has 0 unspecified atom stereocenters. The Balaban J connectivity index is 1.54. The molecule has 2 heterocycles. The zero-order valence-electron chi connectivity index (χ0n) is 14.4. The van der Waals surface area contributed by atoms with E-state index in [1.807, 2.05) is 12.1 Å². The molecule has 1 aromatic carbocycles. The number of aromatic nitrogens is 2. The molecule has 0 radical (unpaired) electrons. The van der Waals surface area contributed by atoms with Crippen LogP contribution in [0.1, 0.15) is 30.7 Å². The lowest BCUT2D eigenvalue weighted by Gasteiger charge is -2.28. The summed E-state index contributed by atoms with van der Waals surface area (Å²) in [5.41, 5.74) is 1.60. The molecule has 1 fully saturated rings. The summed E-state index contributed by atoms with van der Waals surface area (Å²) in [5.74, 6) is 0.212. The lowest BCUT2D eigenvalue weighted by atomic mass is 10.0. The van der Waals surface area contributed by atoms with Crippen molar-refractivity contribution in [3.05, 3.63) is 46.0 Å². The predicted octanol–water partition coefficient (Wildman–Crippen LogP) is 4.50. The average Bonchev–Trinajstić information content (AvgIpc) is 3.10. The number of hydrogen-bond donors (Lipinski definition) is 1. The Kier molecular flexibility index (Phi) is 6.37. The van der Waals surface area contributed by atoms with E-state index in [0.717, 1.165) is 17.1 Å². The second-order valence-electron chi connectivity index (χ2n) is 6.06. The van der Waals surface area contributed by atoms with Crippen LogP contribution < -0.4 is 5.32 Å². The van der Waals surface area contributed by atoms with Crippen molar-refractivity contribution in [2.24, 2.45) is 0 Å². The van der Waals surface area contributed by atoms with E-state index in [0.29, 0.717) is 60.3 Å². The van der Waals surface area contributed by atoms with Gasteiger partial charge in [-0.3, -0.25) is 5.32 Å². The first-order chi connectivity index (χ1) is 13.0. The molecule has 0 spiro atoms. The van der Waals surface area contributed by atoms with Gasteiger partial charge in [0, 0.05) is 48.0 Å². The normalized spacial score (nSPS) is 14.0. The van der Waals surface area contributed by atoms with E-state index in [1.165, 1.54) is 6.07 Å². The fourth-order valence-corrected chi connectivity index (χ4v) is 3.49. The summed E-state index contributed by atoms with van der Waals surface area (Å²) in [6, 6.07) is 6.42. The van der Waals surface area contributed by atoms with E-state index in [-0.39, 0.29) is 11.8 Å². The summed E-state index contributed by atoms with van der Waals surface area (Å²) >= 11 is 6.88. The number of halogens is 2. The molecule has 1 aliphatic rings. The Hall–Kier alpha value is -2.50. The molecule has 0 bridgehead atoms. The van der Waals surface area contributed by atoms with Crippen molar-refractivity contribution >= 4 is 40.4 Å². The number of nitriles is 1. The molecule has 0 atom stereocenters. The van der Waals surface area contributed by atoms with Gasteiger partial charge < -0.3 is 4.90 Å². The van der Waals surface area contributed by atoms with Gasteiger partial charge in [-0.25, -0.2) is 14.2 Å². The minimum Gasteiger partial charge on any atom is -0.324 e. The SMILES string of the molecule is N#CCCc1nsc(NC(=O)N2CCC(=Cc3ccc(Cl)cc3F)CC2)n1. The van der Waals surface area contributed by atoms with Gasteiger partial charge in [0.2, 0.25) is 5.13 Å². The van der Waals surface area contributed by atoms with Crippen LogP contribution in [0.4, 0.5) is 14.3 Å². The van der Waals surface area contributed by atoms with Gasteiger partial charge >= 0.3 is 6.03 Å². The number of amides is 2. The first-order valence-electron chi connectivity index (χ1n) is 8.45. The summed E-state index contributed by atoms with van der Waals surface area (Å²) in [6.45, 7) is 1.10. The van der Waals surface area contributed by atoms with E-state index in [4.69, 9.17) is 16.9 Å². The Labute approximate surface area is 165 Å². The molecule has 1 aliphatic heterocycles. The molecule has 3 rings (SSSR count). The first kappa shape index (κ1) is 19.3. The van der Waals surface area contributed by atoms with Gasteiger partial charge in [0.15, 0.2) is 0 Å². The Morgan fingerprint density at radius 2 is 2.22 bits per heavy atom. The highest BCUT2D eigenvalue weighted by Gasteiger charge is 2.20. The van der Waals surface area contributed by atoms with Gasteiger partial charge in [-0.1, -0.05) is 29.3 Å². The van der Waals surface area contributed by atoms with Crippen LogP contribution in [0.15, 0.2) is 23.8 Å². The van der Waals surface area contributed by atoms with Crippen molar-refractivity contribution < 1.29 is 9.18 Å². The summed E-state index contributed by atoms with van der Waals surface area (Å²) in [7, 11) is 0. The van der Waals surface area contributed by atoms with Crippen LogP contribution in [0.5, 0.6) is 0 Å². The zero-order chi connectivity index (χ0) is 19.2. The van der Waals surface area contributed by atoms with Crippen molar-refractivity contribution in [3.8, 4) is 6.07 Å². The zero-order valence-corrected chi connectivity index (χ0v) is 16.0. The van der Waals surface area contributed by atoms with Crippen molar-refractivity contribution in [1.82, 2.24) is 14.3 Å². The quantitative estimate of drug-likeness (QED) is 0.811. The van der Waals surface area contributed by atoms with Crippen molar-refractivity contribution in [1.29, 1.82) is 5.26 Å². The smallest absolute Gasteiger partial charge is 0.323 e. The largest absolute Gasteiger partial charge is 0.324 e. The minimum absolute atomic E-state index is 0.227. The molecule has 1 aromatic heterocycles. The van der Waals surface area contributed by atoms with Crippen molar-refractivity contribution in [3.63, 3.8) is 0 Å². The number of anilines is 1. The van der Waals surface area contributed by atoms with Crippen LogP contribution in [-0.2, 0) is 6.42 Å². The van der Waals surface area contributed by atoms with Gasteiger partial charge in [-0.2, -0.15) is 9.64 Å². The number of aryl methyl sites for hydroxylation is 1. The van der Waals surface area contributed by atoms with Crippen LogP contribution in [0.2, 0.25) is 5.02 Å². The minimum atomic E-state index is -0.348. The third kappa shape index (κ3) is 5.25. The topological polar surface area (TPSA) is 81.9 Å². The summed E-state index contributed by atoms with van der Waals surface area (Å²) in [5, 5.41) is 12.1. The number of carbonyl (C=O) groups is 1. The maximum absolute atomic E-state index is 13.9. The molecule has 27 heavy (non-hydrogen) atoms. The number of piperidine rings is 1. The molecule has 1 N–H and O–H groups in total. The van der Waals surface area contributed by atoms with Crippen LogP contribution in [0.3, 0.4) is 0 Å². The molecule has 9 heteroatoms. The van der Waals surface area contributed by atoms with Gasteiger partial charge in [-0.15, -0.1) is 0 Å². The second-order valence-corrected chi connectivity index (χ2v) is 7.25. The van der Waals surface area contributed by atoms with E-state index in [2.05, 4.69) is 14.7 Å². The molecule has 1 saturated heterocycles. The van der Waals surface area contributed by atoms with E-state index < -0.39 is 0 Å². The summed E-state index contributed by atoms with van der Waals surface area (Å²) < 4.78 is 18.0. The fourth-order valence-electron chi connectivity index (χ4n) is 2.72. The molecule has 2 amide bonds. The fraction of sp³-hybridized carbons (Fsp3) is 0.333. The standard InChI is InChI=1S/C18H17ClFN5OS/c19-14-4-3-13(15(20)11-14)10-12-5-8-25(9-6-12)18(26)23-17-22-16(24-27-17)2-1-7-21/h3-4,10-11H,1-2,5-6,8-9H2,(H,22,23,24,26). The third-order valence-electron chi connectivity index (χ3n) is 4.16. The Bertz CT molecular complexity index is 897. The van der Waals surface area contributed by atoms with Gasteiger partial charge in [-0.05, 0) is 25.0 Å². The second kappa shape index (κ2) is 8.93. The number of benzene rings is 1. The van der Waals surface area contributed by atoms with Crippen molar-refractivity contribution in [2.45, 2.75) is 25.7 Å². The lowest BCUT2D eigenvalue weighted by molar-refractivity contribution is 0.208. The van der Waals surface area contributed by atoms with Gasteiger partial charge in [0.25, 0.3) is 0 Å². The molecule has 2 aromatic rings. The van der Waals surface area contributed by atoms with E-state index in [1.54, 1.807) is 17.0 Å². The van der Waals surface area contributed by atoms with E-state index in [9.17, 15) is 9.18 Å². The third-order valence-corrected chi connectivity index (χ3v) is 5.06. The number of nitrogens with one attached hydrogen (secondary N) is 1. The molecular formula is C18H17ClFN5OS.